The van der Waals surface area contributed by atoms with Crippen LogP contribution in [0.25, 0.3) is 22.0 Å². The van der Waals surface area contributed by atoms with Crippen LogP contribution in [0.5, 0.6) is 0 Å². The lowest BCUT2D eigenvalue weighted by Gasteiger charge is -2.26. The summed E-state index contributed by atoms with van der Waals surface area (Å²) in [6.45, 7) is 8.76. The highest BCUT2D eigenvalue weighted by Gasteiger charge is 2.23. The maximum Gasteiger partial charge on any atom is 0.159 e. The molecule has 0 aliphatic heterocycles. The summed E-state index contributed by atoms with van der Waals surface area (Å²) >= 11 is 6.43. The number of alkyl halides is 2. The Morgan fingerprint density at radius 3 is 2.13 bits per heavy atom. The third-order valence-corrected chi connectivity index (χ3v) is 5.16. The van der Waals surface area contributed by atoms with Crippen LogP contribution >= 0.6 is 11.6 Å². The van der Waals surface area contributed by atoms with Crippen LogP contribution in [0.1, 0.15) is 40.4 Å². The molecule has 3 rings (SSSR count). The quantitative estimate of drug-likeness (QED) is 0.485. The summed E-state index contributed by atoms with van der Waals surface area (Å²) in [5.41, 5.74) is 1.98. The van der Waals surface area contributed by atoms with E-state index in [4.69, 9.17) is 11.6 Å². The molecule has 5 nitrogen and oxygen atoms in total. The van der Waals surface area contributed by atoms with Gasteiger partial charge in [0.2, 0.25) is 0 Å². The minimum atomic E-state index is -1.11. The fraction of sp³-hybridized carbons (Fsp3) is 0.435. The molecule has 0 saturated heterocycles. The smallest absolute Gasteiger partial charge is 0.159 e. The van der Waals surface area contributed by atoms with Crippen LogP contribution in [0, 0.1) is 5.92 Å². The number of aliphatic hydroxyl groups is 1. The van der Waals surface area contributed by atoms with E-state index >= 15 is 0 Å². The third kappa shape index (κ3) is 5.86. The molecule has 0 saturated carbocycles. The number of pyridine rings is 1. The number of nitrogens with one attached hydrogen (secondary N) is 1. The van der Waals surface area contributed by atoms with Crippen molar-refractivity contribution in [1.82, 2.24) is 15.0 Å². The number of benzene rings is 1. The van der Waals surface area contributed by atoms with Crippen LogP contribution in [0.15, 0.2) is 36.8 Å². The van der Waals surface area contributed by atoms with Gasteiger partial charge < -0.3 is 10.4 Å². The van der Waals surface area contributed by atoms with Gasteiger partial charge in [0.15, 0.2) is 5.82 Å². The van der Waals surface area contributed by atoms with Crippen molar-refractivity contribution in [3.63, 3.8) is 0 Å². The Kier molecular flexibility index (Phi) is 8.26. The SMILES string of the molecule is CC(C)C(Nc1c(Cl)cnc2ccc(-c3cnc(C(C)(C)O)nc3)cc12)C(C)F.CF. The first-order valence-corrected chi connectivity index (χ1v) is 10.4. The maximum atomic E-state index is 14.2. The summed E-state index contributed by atoms with van der Waals surface area (Å²) in [6.07, 6.45) is 3.88. The number of nitrogens with zero attached hydrogens (tertiary/aromatic N) is 3. The van der Waals surface area contributed by atoms with Crippen molar-refractivity contribution in [3.8, 4) is 11.1 Å². The van der Waals surface area contributed by atoms with Gasteiger partial charge in [0.05, 0.1) is 29.4 Å². The van der Waals surface area contributed by atoms with Gasteiger partial charge in [0.1, 0.15) is 11.8 Å². The molecule has 0 aliphatic carbocycles. The number of fused-ring (bicyclic) bond motifs is 1. The lowest BCUT2D eigenvalue weighted by Crippen LogP contribution is -2.34. The van der Waals surface area contributed by atoms with Crippen molar-refractivity contribution in [2.45, 2.75) is 52.4 Å². The number of halogens is 3. The standard InChI is InChI=1S/C22H26ClFN4O.CH3F/c1-12(2)19(13(3)24)28-20-16-8-14(6-7-18(16)25-11-17(20)23)15-9-26-21(27-10-15)22(4,5)29;1-2/h6-13,19,29H,1-5H3,(H,25,28);1H3. The molecule has 0 aliphatic rings. The Labute approximate surface area is 186 Å². The van der Waals surface area contributed by atoms with Crippen molar-refractivity contribution < 1.29 is 13.9 Å². The van der Waals surface area contributed by atoms with Gasteiger partial charge in [-0.25, -0.2) is 14.4 Å². The summed E-state index contributed by atoms with van der Waals surface area (Å²) in [5.74, 6) is 0.436. The second-order valence-electron chi connectivity index (χ2n) is 8.16. The highest BCUT2D eigenvalue weighted by molar-refractivity contribution is 6.34. The fourth-order valence-electron chi connectivity index (χ4n) is 3.27. The average Bonchev–Trinajstić information content (AvgIpc) is 2.73. The molecule has 2 unspecified atom stereocenters. The van der Waals surface area contributed by atoms with Crippen molar-refractivity contribution in [1.29, 1.82) is 0 Å². The van der Waals surface area contributed by atoms with Gasteiger partial charge in [-0.05, 0) is 44.4 Å². The first-order valence-electron chi connectivity index (χ1n) is 10.00. The van der Waals surface area contributed by atoms with E-state index in [1.54, 1.807) is 39.4 Å². The van der Waals surface area contributed by atoms with E-state index < -0.39 is 11.8 Å². The summed E-state index contributed by atoms with van der Waals surface area (Å²) in [5, 5.41) is 14.6. The van der Waals surface area contributed by atoms with Crippen LogP contribution in [0.2, 0.25) is 5.02 Å². The highest BCUT2D eigenvalue weighted by atomic mass is 35.5. The van der Waals surface area contributed by atoms with Crippen LogP contribution < -0.4 is 5.32 Å². The molecule has 2 N–H and O–H groups in total. The molecule has 0 radical (unpaired) electrons. The first kappa shape index (κ1) is 24.9. The normalized spacial score (nSPS) is 13.5. The zero-order valence-electron chi connectivity index (χ0n) is 18.6. The van der Waals surface area contributed by atoms with Crippen LogP contribution in [-0.4, -0.2) is 39.4 Å². The van der Waals surface area contributed by atoms with Gasteiger partial charge in [0.25, 0.3) is 0 Å². The van der Waals surface area contributed by atoms with E-state index in [1.165, 1.54) is 0 Å². The Balaban J connectivity index is 0.00000166. The van der Waals surface area contributed by atoms with Crippen molar-refractivity contribution >= 4 is 28.2 Å². The second kappa shape index (κ2) is 10.3. The predicted molar refractivity (Wildman–Crippen MR) is 123 cm³/mol. The molecule has 8 heteroatoms. The zero-order chi connectivity index (χ0) is 23.3. The largest absolute Gasteiger partial charge is 0.382 e. The van der Waals surface area contributed by atoms with Crippen LogP contribution in [0.3, 0.4) is 0 Å². The van der Waals surface area contributed by atoms with Crippen LogP contribution in [-0.2, 0) is 5.60 Å². The van der Waals surface area contributed by atoms with E-state index in [0.29, 0.717) is 23.7 Å². The number of anilines is 1. The molecule has 1 aromatic carbocycles. The fourth-order valence-corrected chi connectivity index (χ4v) is 3.47. The molecular formula is C23H29ClF2N4O. The topological polar surface area (TPSA) is 70.9 Å². The van der Waals surface area contributed by atoms with E-state index in [9.17, 15) is 13.9 Å². The molecular weight excluding hydrogens is 422 g/mol. The minimum absolute atomic E-state index is 0.0836. The highest BCUT2D eigenvalue weighted by Crippen LogP contribution is 2.34. The van der Waals surface area contributed by atoms with Gasteiger partial charge in [0, 0.05) is 29.5 Å². The average molecular weight is 451 g/mol. The molecule has 3 aromatic rings. The van der Waals surface area contributed by atoms with E-state index in [1.807, 2.05) is 32.0 Å². The number of aromatic nitrogens is 3. The summed E-state index contributed by atoms with van der Waals surface area (Å²) in [6, 6.07) is 5.38. The number of rotatable bonds is 6. The molecule has 0 fully saturated rings. The monoisotopic (exact) mass is 450 g/mol. The molecule has 2 heterocycles. The minimum Gasteiger partial charge on any atom is -0.382 e. The third-order valence-electron chi connectivity index (χ3n) is 4.88. The van der Waals surface area contributed by atoms with Crippen molar-refractivity contribution in [2.75, 3.05) is 12.5 Å². The van der Waals surface area contributed by atoms with Gasteiger partial charge in [-0.3, -0.25) is 9.37 Å². The summed E-state index contributed by atoms with van der Waals surface area (Å²) in [7, 11) is 0.500. The predicted octanol–water partition coefficient (Wildman–Crippen LogP) is 5.95. The Morgan fingerprint density at radius 1 is 1.00 bits per heavy atom. The van der Waals surface area contributed by atoms with E-state index in [2.05, 4.69) is 20.3 Å². The van der Waals surface area contributed by atoms with Gasteiger partial charge >= 0.3 is 0 Å². The molecule has 0 bridgehead atoms. The van der Waals surface area contributed by atoms with Crippen molar-refractivity contribution in [2.24, 2.45) is 5.92 Å². The summed E-state index contributed by atoms with van der Waals surface area (Å²) in [4.78, 5) is 12.9. The van der Waals surface area contributed by atoms with Gasteiger partial charge in [-0.2, -0.15) is 0 Å². The molecule has 0 spiro atoms. The van der Waals surface area contributed by atoms with Crippen LogP contribution in [0.4, 0.5) is 14.5 Å². The Morgan fingerprint density at radius 2 is 1.61 bits per heavy atom. The first-order chi connectivity index (χ1) is 14.6. The lowest BCUT2D eigenvalue weighted by atomic mass is 9.99. The van der Waals surface area contributed by atoms with Crippen molar-refractivity contribution in [3.05, 3.63) is 47.6 Å². The molecule has 0 amide bonds. The molecule has 2 aromatic heterocycles. The summed E-state index contributed by atoms with van der Waals surface area (Å²) < 4.78 is 23.7. The Hall–Kier alpha value is -2.38. The maximum absolute atomic E-state index is 14.2. The van der Waals surface area contributed by atoms with E-state index in [-0.39, 0.29) is 12.0 Å². The number of hydrogen-bond donors (Lipinski definition) is 2. The molecule has 31 heavy (non-hydrogen) atoms. The van der Waals surface area contributed by atoms with E-state index in [0.717, 1.165) is 22.0 Å². The zero-order valence-corrected chi connectivity index (χ0v) is 19.4. The number of hydrogen-bond acceptors (Lipinski definition) is 5. The van der Waals surface area contributed by atoms with Gasteiger partial charge in [-0.1, -0.05) is 31.5 Å². The molecule has 168 valence electrons. The lowest BCUT2D eigenvalue weighted by molar-refractivity contribution is 0.0687. The Bertz CT molecular complexity index is 997. The molecule has 2 atom stereocenters. The second-order valence-corrected chi connectivity index (χ2v) is 8.57. The van der Waals surface area contributed by atoms with Gasteiger partial charge in [-0.15, -0.1) is 0 Å².